The second kappa shape index (κ2) is 4.70. The van der Waals surface area contributed by atoms with Gasteiger partial charge in [-0.2, -0.15) is 0 Å². The first kappa shape index (κ1) is 8.97. The highest BCUT2D eigenvalue weighted by Crippen LogP contribution is 2.07. The smallest absolute Gasteiger partial charge is 0.0820 e. The van der Waals surface area contributed by atoms with Crippen molar-refractivity contribution in [3.8, 4) is 0 Å². The molecule has 1 aliphatic rings. The van der Waals surface area contributed by atoms with Crippen molar-refractivity contribution in [2.24, 2.45) is 5.73 Å². The minimum atomic E-state index is 0.230. The zero-order chi connectivity index (χ0) is 8.10. The highest BCUT2D eigenvalue weighted by molar-refractivity contribution is 4.71. The largest absolute Gasteiger partial charge is 0.379 e. The van der Waals surface area contributed by atoms with E-state index in [2.05, 4.69) is 4.90 Å². The van der Waals surface area contributed by atoms with Gasteiger partial charge in [-0.1, -0.05) is 0 Å². The Hall–Kier alpha value is -0.120. The summed E-state index contributed by atoms with van der Waals surface area (Å²) in [6, 6.07) is 0. The molecule has 0 aromatic rings. The van der Waals surface area contributed by atoms with Crippen molar-refractivity contribution >= 4 is 0 Å². The fourth-order valence-electron chi connectivity index (χ4n) is 1.50. The molecule has 1 unspecified atom stereocenters. The molecule has 11 heavy (non-hydrogen) atoms. The first-order chi connectivity index (χ1) is 5.36. The maximum atomic E-state index is 5.51. The molecule has 0 radical (unpaired) electrons. The van der Waals surface area contributed by atoms with E-state index >= 15 is 0 Å². The topological polar surface area (TPSA) is 38.5 Å². The minimum Gasteiger partial charge on any atom is -0.379 e. The second-order valence-electron chi connectivity index (χ2n) is 3.10. The lowest BCUT2D eigenvalue weighted by Crippen LogP contribution is -2.36. The average molecular weight is 158 g/mol. The molecule has 3 heteroatoms. The summed E-state index contributed by atoms with van der Waals surface area (Å²) >= 11 is 0. The van der Waals surface area contributed by atoms with Gasteiger partial charge in [0.25, 0.3) is 0 Å². The lowest BCUT2D eigenvalue weighted by molar-refractivity contribution is 0.0776. The van der Waals surface area contributed by atoms with Gasteiger partial charge < -0.3 is 15.4 Å². The molecule has 1 saturated heterocycles. The van der Waals surface area contributed by atoms with Gasteiger partial charge in [-0.3, -0.25) is 0 Å². The van der Waals surface area contributed by atoms with Crippen LogP contribution in [0.5, 0.6) is 0 Å². The molecule has 1 aliphatic heterocycles. The van der Waals surface area contributed by atoms with Gasteiger partial charge >= 0.3 is 0 Å². The van der Waals surface area contributed by atoms with Gasteiger partial charge in [-0.15, -0.1) is 0 Å². The highest BCUT2D eigenvalue weighted by Gasteiger charge is 2.15. The number of likely N-dealkylation sites (tertiary alicyclic amines) is 1. The van der Waals surface area contributed by atoms with Gasteiger partial charge in [-0.05, 0) is 25.9 Å². The molecular formula is C8H18N2O. The van der Waals surface area contributed by atoms with Crippen LogP contribution in [0, 0.1) is 0 Å². The molecule has 1 rings (SSSR count). The number of hydrogen-bond donors (Lipinski definition) is 1. The number of methoxy groups -OCH3 is 1. The molecule has 66 valence electrons. The van der Waals surface area contributed by atoms with Crippen LogP contribution in [0.2, 0.25) is 0 Å². The Labute approximate surface area is 68.5 Å². The van der Waals surface area contributed by atoms with Crippen LogP contribution < -0.4 is 5.73 Å². The van der Waals surface area contributed by atoms with Gasteiger partial charge in [0.05, 0.1) is 6.10 Å². The van der Waals surface area contributed by atoms with Crippen molar-refractivity contribution in [2.75, 3.05) is 33.3 Å². The predicted octanol–water partition coefficient (Wildman–Crippen LogP) is 0.0559. The second-order valence-corrected chi connectivity index (χ2v) is 3.10. The van der Waals surface area contributed by atoms with E-state index in [1.807, 2.05) is 0 Å². The quantitative estimate of drug-likeness (QED) is 0.628. The summed E-state index contributed by atoms with van der Waals surface area (Å²) in [5.74, 6) is 0. The maximum Gasteiger partial charge on any atom is 0.0820 e. The van der Waals surface area contributed by atoms with E-state index < -0.39 is 0 Å². The summed E-state index contributed by atoms with van der Waals surface area (Å²) in [5, 5.41) is 0. The summed E-state index contributed by atoms with van der Waals surface area (Å²) in [5.41, 5.74) is 5.51. The van der Waals surface area contributed by atoms with Gasteiger partial charge in [-0.25, -0.2) is 0 Å². The first-order valence-corrected chi connectivity index (χ1v) is 4.32. The molecule has 0 aliphatic carbocycles. The molecule has 0 aromatic carbocycles. The predicted molar refractivity (Wildman–Crippen MR) is 45.5 cm³/mol. The molecule has 0 saturated carbocycles. The van der Waals surface area contributed by atoms with Gasteiger partial charge in [0.1, 0.15) is 0 Å². The van der Waals surface area contributed by atoms with Crippen LogP contribution in [-0.2, 0) is 4.74 Å². The van der Waals surface area contributed by atoms with E-state index in [9.17, 15) is 0 Å². The Balaban J connectivity index is 2.16. The van der Waals surface area contributed by atoms with Crippen LogP contribution in [0.1, 0.15) is 12.8 Å². The summed E-state index contributed by atoms with van der Waals surface area (Å²) in [4.78, 5) is 2.42. The normalized spacial score (nSPS) is 22.4. The zero-order valence-corrected chi connectivity index (χ0v) is 7.25. The fraction of sp³-hybridized carbons (Fsp3) is 1.00. The van der Waals surface area contributed by atoms with E-state index in [1.54, 1.807) is 7.11 Å². The summed E-state index contributed by atoms with van der Waals surface area (Å²) in [6.45, 7) is 4.08. The monoisotopic (exact) mass is 158 g/mol. The van der Waals surface area contributed by atoms with Crippen LogP contribution >= 0.6 is 0 Å². The summed E-state index contributed by atoms with van der Waals surface area (Å²) in [7, 11) is 1.73. The fourth-order valence-corrected chi connectivity index (χ4v) is 1.50. The molecule has 0 spiro atoms. The number of nitrogens with zero attached hydrogens (tertiary/aromatic N) is 1. The molecule has 0 aromatic heterocycles. The number of rotatable bonds is 4. The number of ether oxygens (including phenoxy) is 1. The Bertz CT molecular complexity index is 98.3. The van der Waals surface area contributed by atoms with Gasteiger partial charge in [0, 0.05) is 20.2 Å². The SMILES string of the molecule is COC(CN)CN1CCCC1. The molecule has 2 N–H and O–H groups in total. The average Bonchev–Trinajstić information content (AvgIpc) is 2.52. The van der Waals surface area contributed by atoms with Crippen LogP contribution in [0.3, 0.4) is 0 Å². The Morgan fingerprint density at radius 1 is 1.45 bits per heavy atom. The third-order valence-corrected chi connectivity index (χ3v) is 2.26. The number of hydrogen-bond acceptors (Lipinski definition) is 3. The third-order valence-electron chi connectivity index (χ3n) is 2.26. The number of nitrogens with two attached hydrogens (primary N) is 1. The van der Waals surface area contributed by atoms with Crippen molar-refractivity contribution in [3.05, 3.63) is 0 Å². The van der Waals surface area contributed by atoms with Crippen LogP contribution in [0.15, 0.2) is 0 Å². The minimum absolute atomic E-state index is 0.230. The van der Waals surface area contributed by atoms with E-state index in [0.717, 1.165) is 6.54 Å². The van der Waals surface area contributed by atoms with Crippen LogP contribution in [-0.4, -0.2) is 44.3 Å². The van der Waals surface area contributed by atoms with E-state index in [4.69, 9.17) is 10.5 Å². The van der Waals surface area contributed by atoms with Crippen LogP contribution in [0.4, 0.5) is 0 Å². The highest BCUT2D eigenvalue weighted by atomic mass is 16.5. The lowest BCUT2D eigenvalue weighted by atomic mass is 10.3. The van der Waals surface area contributed by atoms with Crippen molar-refractivity contribution < 1.29 is 4.74 Å². The standard InChI is InChI=1S/C8H18N2O/c1-11-8(6-9)7-10-4-2-3-5-10/h8H,2-7,9H2,1H3. The molecule has 3 nitrogen and oxygen atoms in total. The molecule has 1 atom stereocenters. The molecule has 0 bridgehead atoms. The van der Waals surface area contributed by atoms with Crippen molar-refractivity contribution in [2.45, 2.75) is 18.9 Å². The molecule has 0 amide bonds. The van der Waals surface area contributed by atoms with Crippen molar-refractivity contribution in [3.63, 3.8) is 0 Å². The Kier molecular flexibility index (Phi) is 3.83. The van der Waals surface area contributed by atoms with Gasteiger partial charge in [0.15, 0.2) is 0 Å². The lowest BCUT2D eigenvalue weighted by Gasteiger charge is -2.20. The molecular weight excluding hydrogens is 140 g/mol. The van der Waals surface area contributed by atoms with E-state index in [-0.39, 0.29) is 6.10 Å². The third kappa shape index (κ3) is 2.77. The van der Waals surface area contributed by atoms with Crippen molar-refractivity contribution in [1.82, 2.24) is 4.90 Å². The summed E-state index contributed by atoms with van der Waals surface area (Å²) < 4.78 is 5.19. The summed E-state index contributed by atoms with van der Waals surface area (Å²) in [6.07, 6.45) is 2.90. The van der Waals surface area contributed by atoms with E-state index in [1.165, 1.54) is 25.9 Å². The Morgan fingerprint density at radius 3 is 2.55 bits per heavy atom. The maximum absolute atomic E-state index is 5.51. The first-order valence-electron chi connectivity index (χ1n) is 4.32. The molecule has 1 fully saturated rings. The van der Waals surface area contributed by atoms with E-state index in [0.29, 0.717) is 6.54 Å². The zero-order valence-electron chi connectivity index (χ0n) is 7.25. The molecule has 1 heterocycles. The van der Waals surface area contributed by atoms with Crippen LogP contribution in [0.25, 0.3) is 0 Å². The van der Waals surface area contributed by atoms with Crippen molar-refractivity contribution in [1.29, 1.82) is 0 Å². The Morgan fingerprint density at radius 2 is 2.09 bits per heavy atom. The van der Waals surface area contributed by atoms with Gasteiger partial charge in [0.2, 0.25) is 0 Å².